The third kappa shape index (κ3) is 5.31. The van der Waals surface area contributed by atoms with E-state index in [1.807, 2.05) is 54.6 Å². The normalized spacial score (nSPS) is 11.1. The Bertz CT molecular complexity index is 878. The zero-order valence-electron chi connectivity index (χ0n) is 13.4. The van der Waals surface area contributed by atoms with Crippen LogP contribution >= 0.6 is 22.9 Å². The van der Waals surface area contributed by atoms with Crippen molar-refractivity contribution in [2.45, 2.75) is 13.0 Å². The number of hydrogen-bond acceptors (Lipinski definition) is 4. The molecule has 0 aliphatic rings. The molecule has 3 rings (SSSR count). The van der Waals surface area contributed by atoms with Gasteiger partial charge in [-0.25, -0.2) is 9.78 Å². The number of fused-ring (bicyclic) bond motifs is 1. The Labute approximate surface area is 155 Å². The summed E-state index contributed by atoms with van der Waals surface area (Å²) in [4.78, 5) is 15.8. The molecule has 1 heterocycles. The third-order valence-corrected chi connectivity index (χ3v) is 4.61. The van der Waals surface area contributed by atoms with E-state index >= 15 is 0 Å². The molecule has 0 saturated heterocycles. The van der Waals surface area contributed by atoms with E-state index in [0.29, 0.717) is 11.0 Å². The second-order valence-electron chi connectivity index (χ2n) is 5.37. The number of benzene rings is 2. The van der Waals surface area contributed by atoms with E-state index in [1.54, 1.807) is 0 Å². The Balaban J connectivity index is 1.39. The average molecular weight is 373 g/mol. The molecule has 0 aliphatic heterocycles. The van der Waals surface area contributed by atoms with Crippen molar-refractivity contribution in [2.75, 3.05) is 6.54 Å². The van der Waals surface area contributed by atoms with Crippen LogP contribution in [0.3, 0.4) is 0 Å². The maximum absolute atomic E-state index is 11.6. The summed E-state index contributed by atoms with van der Waals surface area (Å²) in [6.07, 6.45) is 4.35. The number of nitrogens with zero attached hydrogens (tertiary/aromatic N) is 1. The van der Waals surface area contributed by atoms with Crippen molar-refractivity contribution in [3.05, 3.63) is 70.2 Å². The van der Waals surface area contributed by atoms with Crippen molar-refractivity contribution in [1.82, 2.24) is 10.3 Å². The van der Waals surface area contributed by atoms with Gasteiger partial charge in [0.05, 0.1) is 10.2 Å². The van der Waals surface area contributed by atoms with Gasteiger partial charge in [0.25, 0.3) is 0 Å². The summed E-state index contributed by atoms with van der Waals surface area (Å²) >= 11 is 7.38. The van der Waals surface area contributed by atoms with Crippen LogP contribution in [0.25, 0.3) is 16.3 Å². The highest BCUT2D eigenvalue weighted by Crippen LogP contribution is 2.26. The van der Waals surface area contributed by atoms with Crippen molar-refractivity contribution in [3.8, 4) is 0 Å². The molecule has 0 atom stereocenters. The zero-order valence-corrected chi connectivity index (χ0v) is 15.0. The predicted octanol–water partition coefficient (Wildman–Crippen LogP) is 5.28. The fourth-order valence-electron chi connectivity index (χ4n) is 2.27. The van der Waals surface area contributed by atoms with Gasteiger partial charge in [0.1, 0.15) is 6.61 Å². The Morgan fingerprint density at radius 2 is 2.08 bits per heavy atom. The highest BCUT2D eigenvalue weighted by molar-refractivity contribution is 7.22. The van der Waals surface area contributed by atoms with Gasteiger partial charge in [-0.05, 0) is 29.7 Å². The van der Waals surface area contributed by atoms with E-state index in [4.69, 9.17) is 16.3 Å². The number of hydrogen-bond donors (Lipinski definition) is 1. The second kappa shape index (κ2) is 8.65. The number of nitrogens with one attached hydrogen (secondary N) is 1. The molecule has 4 nitrogen and oxygen atoms in total. The Morgan fingerprint density at radius 1 is 1.24 bits per heavy atom. The molecule has 0 radical (unpaired) electrons. The van der Waals surface area contributed by atoms with Crippen molar-refractivity contribution in [2.24, 2.45) is 0 Å². The molecule has 0 spiro atoms. The van der Waals surface area contributed by atoms with Crippen molar-refractivity contribution >= 4 is 45.3 Å². The van der Waals surface area contributed by atoms with Crippen LogP contribution in [0.4, 0.5) is 4.79 Å². The van der Waals surface area contributed by atoms with Gasteiger partial charge in [-0.15, -0.1) is 11.3 Å². The van der Waals surface area contributed by atoms with E-state index < -0.39 is 6.09 Å². The molecule has 0 saturated carbocycles. The van der Waals surface area contributed by atoms with Crippen LogP contribution in [0.2, 0.25) is 4.47 Å². The number of thiazole rings is 1. The van der Waals surface area contributed by atoms with E-state index in [2.05, 4.69) is 16.4 Å². The van der Waals surface area contributed by atoms with Crippen LogP contribution in [0.15, 0.2) is 54.6 Å². The molecule has 2 aromatic carbocycles. The van der Waals surface area contributed by atoms with Crippen LogP contribution in [-0.4, -0.2) is 17.6 Å². The fraction of sp³-hybridized carbons (Fsp3) is 0.158. The van der Waals surface area contributed by atoms with Crippen molar-refractivity contribution < 1.29 is 9.53 Å². The summed E-state index contributed by atoms with van der Waals surface area (Å²) in [7, 11) is 0. The molecule has 0 unspecified atom stereocenters. The lowest BCUT2D eigenvalue weighted by molar-refractivity contribution is 0.140. The zero-order chi connectivity index (χ0) is 17.5. The summed E-state index contributed by atoms with van der Waals surface area (Å²) in [6.45, 7) is 0.804. The van der Waals surface area contributed by atoms with Crippen LogP contribution in [0.1, 0.15) is 17.5 Å². The minimum absolute atomic E-state index is 0.278. The average Bonchev–Trinajstić information content (AvgIpc) is 3.00. The van der Waals surface area contributed by atoms with E-state index in [1.165, 1.54) is 11.3 Å². The van der Waals surface area contributed by atoms with Gasteiger partial charge in [0.15, 0.2) is 4.47 Å². The Morgan fingerprint density at radius 3 is 2.92 bits per heavy atom. The summed E-state index contributed by atoms with van der Waals surface area (Å²) in [6, 6.07) is 15.6. The SMILES string of the molecule is O=C(NCCC=Cc1ccc2nc(Cl)sc2c1)OCc1ccccc1. The summed E-state index contributed by atoms with van der Waals surface area (Å²) in [5.74, 6) is 0. The topological polar surface area (TPSA) is 51.2 Å². The molecule has 1 aromatic heterocycles. The van der Waals surface area contributed by atoms with Crippen LogP contribution in [-0.2, 0) is 11.3 Å². The molecule has 1 N–H and O–H groups in total. The number of alkyl carbamates (subject to hydrolysis) is 1. The minimum Gasteiger partial charge on any atom is -0.445 e. The Kier molecular flexibility index (Phi) is 6.04. The molecular weight excluding hydrogens is 356 g/mol. The minimum atomic E-state index is -0.405. The number of carbonyl (C=O) groups excluding carboxylic acids is 1. The van der Waals surface area contributed by atoms with Gasteiger partial charge in [-0.3, -0.25) is 0 Å². The van der Waals surface area contributed by atoms with Gasteiger partial charge in [-0.1, -0.05) is 60.2 Å². The van der Waals surface area contributed by atoms with Crippen molar-refractivity contribution in [1.29, 1.82) is 0 Å². The van der Waals surface area contributed by atoms with Crippen LogP contribution < -0.4 is 5.32 Å². The number of rotatable bonds is 6. The maximum atomic E-state index is 11.6. The highest BCUT2D eigenvalue weighted by atomic mass is 35.5. The molecule has 3 aromatic rings. The second-order valence-corrected chi connectivity index (χ2v) is 6.99. The number of carbonyl (C=O) groups is 1. The van der Waals surface area contributed by atoms with Crippen LogP contribution in [0.5, 0.6) is 0 Å². The lowest BCUT2D eigenvalue weighted by atomic mass is 10.2. The first-order chi connectivity index (χ1) is 12.2. The molecule has 0 fully saturated rings. The number of amides is 1. The first-order valence-electron chi connectivity index (χ1n) is 7.88. The smallest absolute Gasteiger partial charge is 0.407 e. The number of aromatic nitrogens is 1. The van der Waals surface area contributed by atoms with Crippen LogP contribution in [0, 0.1) is 0 Å². The Hall–Kier alpha value is -2.37. The molecule has 6 heteroatoms. The molecule has 0 bridgehead atoms. The standard InChI is InChI=1S/C19H17ClN2O2S/c20-18-22-16-10-9-14(12-17(16)25-18)6-4-5-11-21-19(23)24-13-15-7-2-1-3-8-15/h1-4,6-10,12H,5,11,13H2,(H,21,23). The highest BCUT2D eigenvalue weighted by Gasteiger charge is 2.02. The first kappa shape index (κ1) is 17.5. The third-order valence-electron chi connectivity index (χ3n) is 3.49. The fourth-order valence-corrected chi connectivity index (χ4v) is 3.35. The van der Waals surface area contributed by atoms with E-state index in [-0.39, 0.29) is 6.61 Å². The van der Waals surface area contributed by atoms with Gasteiger partial charge in [0.2, 0.25) is 0 Å². The largest absolute Gasteiger partial charge is 0.445 e. The number of halogens is 1. The van der Waals surface area contributed by atoms with Gasteiger partial charge >= 0.3 is 6.09 Å². The lowest BCUT2D eigenvalue weighted by Gasteiger charge is -2.05. The molecule has 25 heavy (non-hydrogen) atoms. The first-order valence-corrected chi connectivity index (χ1v) is 9.07. The molecule has 128 valence electrons. The van der Waals surface area contributed by atoms with Gasteiger partial charge in [-0.2, -0.15) is 0 Å². The maximum Gasteiger partial charge on any atom is 0.407 e. The monoisotopic (exact) mass is 372 g/mol. The van der Waals surface area contributed by atoms with E-state index in [9.17, 15) is 4.79 Å². The molecule has 0 aliphatic carbocycles. The molecule has 1 amide bonds. The summed E-state index contributed by atoms with van der Waals surface area (Å²) < 4.78 is 6.77. The summed E-state index contributed by atoms with van der Waals surface area (Å²) in [5, 5.41) is 2.73. The van der Waals surface area contributed by atoms with Gasteiger partial charge < -0.3 is 10.1 Å². The van der Waals surface area contributed by atoms with Gasteiger partial charge in [0, 0.05) is 6.54 Å². The van der Waals surface area contributed by atoms with Crippen molar-refractivity contribution in [3.63, 3.8) is 0 Å². The lowest BCUT2D eigenvalue weighted by Crippen LogP contribution is -2.24. The number of ether oxygens (including phenoxy) is 1. The quantitative estimate of drug-likeness (QED) is 0.599. The van der Waals surface area contributed by atoms with E-state index in [0.717, 1.165) is 27.8 Å². The summed E-state index contributed by atoms with van der Waals surface area (Å²) in [5.41, 5.74) is 2.96. The predicted molar refractivity (Wildman–Crippen MR) is 103 cm³/mol. The molecular formula is C19H17ClN2O2S.